The molecule has 0 bridgehead atoms. The van der Waals surface area contributed by atoms with Crippen molar-refractivity contribution in [3.63, 3.8) is 0 Å². The van der Waals surface area contributed by atoms with Crippen LogP contribution in [-0.2, 0) is 6.54 Å². The van der Waals surface area contributed by atoms with Crippen LogP contribution in [0.3, 0.4) is 0 Å². The van der Waals surface area contributed by atoms with Gasteiger partial charge in [-0.15, -0.1) is 17.5 Å². The average Bonchev–Trinajstić information content (AvgIpc) is 2.30. The number of rotatable bonds is 3. The Morgan fingerprint density at radius 2 is 2.06 bits per heavy atom. The first-order chi connectivity index (χ1) is 7.75. The lowest BCUT2D eigenvalue weighted by Gasteiger charge is -2.29. The predicted molar refractivity (Wildman–Crippen MR) is 71.4 cm³/mol. The molecule has 0 radical (unpaired) electrons. The molecule has 17 heavy (non-hydrogen) atoms. The fourth-order valence-electron chi connectivity index (χ4n) is 2.09. The summed E-state index contributed by atoms with van der Waals surface area (Å²) < 4.78 is 0. The second-order valence-corrected chi connectivity index (χ2v) is 4.67. The minimum atomic E-state index is 0. The highest BCUT2D eigenvalue weighted by atomic mass is 35.5. The van der Waals surface area contributed by atoms with E-state index >= 15 is 0 Å². The van der Waals surface area contributed by atoms with Gasteiger partial charge in [-0.1, -0.05) is 24.4 Å². The van der Waals surface area contributed by atoms with Gasteiger partial charge in [0.2, 0.25) is 0 Å². The third-order valence-corrected chi connectivity index (χ3v) is 3.25. The minimum absolute atomic E-state index is 0. The minimum Gasteiger partial charge on any atom is -0.326 e. The zero-order valence-electron chi connectivity index (χ0n) is 9.60. The normalized spacial score (nSPS) is 24.1. The van der Waals surface area contributed by atoms with E-state index in [-0.39, 0.29) is 18.4 Å². The molecule has 1 aromatic rings. The number of hydrogen-bond donors (Lipinski definition) is 2. The fourth-order valence-corrected chi connectivity index (χ4v) is 2.19. The molecule has 0 aliphatic heterocycles. The van der Waals surface area contributed by atoms with E-state index < -0.39 is 0 Å². The first kappa shape index (κ1) is 14.6. The van der Waals surface area contributed by atoms with Gasteiger partial charge in [0.05, 0.1) is 5.69 Å². The van der Waals surface area contributed by atoms with E-state index in [0.29, 0.717) is 17.7 Å². The van der Waals surface area contributed by atoms with E-state index in [1.165, 1.54) is 12.8 Å². The number of aromatic nitrogens is 2. The molecule has 0 saturated heterocycles. The third kappa shape index (κ3) is 4.39. The van der Waals surface area contributed by atoms with E-state index in [9.17, 15) is 0 Å². The number of nitrogens with two attached hydrogens (primary N) is 1. The molecule has 1 fully saturated rings. The Hall–Kier alpha value is -0.420. The largest absolute Gasteiger partial charge is 0.326 e. The Bertz CT molecular complexity index is 331. The Balaban J connectivity index is 0.00000144. The van der Waals surface area contributed by atoms with Crippen LogP contribution in [0.2, 0.25) is 5.15 Å². The van der Waals surface area contributed by atoms with Crippen molar-refractivity contribution in [1.29, 1.82) is 0 Å². The van der Waals surface area contributed by atoms with Crippen LogP contribution in [0.5, 0.6) is 0 Å². The van der Waals surface area contributed by atoms with Gasteiger partial charge in [-0.25, -0.2) is 0 Å². The second kappa shape index (κ2) is 7.11. The van der Waals surface area contributed by atoms with Crippen molar-refractivity contribution in [3.8, 4) is 0 Å². The van der Waals surface area contributed by atoms with Crippen LogP contribution >= 0.6 is 24.0 Å². The zero-order chi connectivity index (χ0) is 11.4. The van der Waals surface area contributed by atoms with E-state index in [4.69, 9.17) is 17.3 Å². The molecule has 2 atom stereocenters. The van der Waals surface area contributed by atoms with Crippen LogP contribution in [0.1, 0.15) is 31.4 Å². The van der Waals surface area contributed by atoms with Gasteiger partial charge in [-0.2, -0.15) is 5.10 Å². The zero-order valence-corrected chi connectivity index (χ0v) is 11.2. The Kier molecular flexibility index (Phi) is 6.12. The molecule has 6 heteroatoms. The monoisotopic (exact) mass is 276 g/mol. The predicted octanol–water partition coefficient (Wildman–Crippen LogP) is 1.91. The summed E-state index contributed by atoms with van der Waals surface area (Å²) in [4.78, 5) is 0. The summed E-state index contributed by atoms with van der Waals surface area (Å²) in [5, 5.41) is 11.7. The molecule has 2 rings (SSSR count). The van der Waals surface area contributed by atoms with E-state index in [2.05, 4.69) is 15.5 Å². The SMILES string of the molecule is Cl.NC1CCCCC1NCc1ccc(Cl)nn1. The standard InChI is InChI=1S/C11H17ClN4.ClH/c12-11-6-5-8(15-16-11)7-14-10-4-2-1-3-9(10)13;/h5-6,9-10,14H,1-4,7,13H2;1H. The molecule has 1 saturated carbocycles. The number of nitrogens with one attached hydrogen (secondary N) is 1. The van der Waals surface area contributed by atoms with Crippen LogP contribution in [0.25, 0.3) is 0 Å². The van der Waals surface area contributed by atoms with Crippen molar-refractivity contribution in [1.82, 2.24) is 15.5 Å². The van der Waals surface area contributed by atoms with Crippen molar-refractivity contribution < 1.29 is 0 Å². The Morgan fingerprint density at radius 3 is 2.71 bits per heavy atom. The molecule has 2 unspecified atom stereocenters. The smallest absolute Gasteiger partial charge is 0.151 e. The lowest BCUT2D eigenvalue weighted by Crippen LogP contribution is -2.46. The van der Waals surface area contributed by atoms with Crippen molar-refractivity contribution in [3.05, 3.63) is 23.0 Å². The highest BCUT2D eigenvalue weighted by molar-refractivity contribution is 6.29. The van der Waals surface area contributed by atoms with E-state index in [0.717, 1.165) is 18.5 Å². The lowest BCUT2D eigenvalue weighted by molar-refractivity contribution is 0.325. The van der Waals surface area contributed by atoms with Crippen LogP contribution < -0.4 is 11.1 Å². The number of hydrogen-bond acceptors (Lipinski definition) is 4. The highest BCUT2D eigenvalue weighted by Crippen LogP contribution is 2.17. The molecule has 4 nitrogen and oxygen atoms in total. The van der Waals surface area contributed by atoms with E-state index in [1.54, 1.807) is 6.07 Å². The molecule has 0 aromatic carbocycles. The number of halogens is 2. The van der Waals surface area contributed by atoms with Crippen LogP contribution in [0, 0.1) is 0 Å². The lowest BCUT2D eigenvalue weighted by atomic mass is 9.91. The van der Waals surface area contributed by atoms with Crippen molar-refractivity contribution in [2.45, 2.75) is 44.3 Å². The summed E-state index contributed by atoms with van der Waals surface area (Å²) in [6.07, 6.45) is 4.78. The molecular weight excluding hydrogens is 259 g/mol. The summed E-state index contributed by atoms with van der Waals surface area (Å²) in [5.41, 5.74) is 6.95. The molecule has 0 amide bonds. The first-order valence-electron chi connectivity index (χ1n) is 5.73. The summed E-state index contributed by atoms with van der Waals surface area (Å²) in [6.45, 7) is 0.711. The highest BCUT2D eigenvalue weighted by Gasteiger charge is 2.20. The summed E-state index contributed by atoms with van der Waals surface area (Å²) in [5.74, 6) is 0. The Labute approximate surface area is 113 Å². The summed E-state index contributed by atoms with van der Waals surface area (Å²) in [7, 11) is 0. The maximum absolute atomic E-state index is 6.05. The van der Waals surface area contributed by atoms with Crippen LogP contribution in [0.4, 0.5) is 0 Å². The molecule has 0 spiro atoms. The van der Waals surface area contributed by atoms with Gasteiger partial charge in [-0.3, -0.25) is 0 Å². The van der Waals surface area contributed by atoms with Gasteiger partial charge < -0.3 is 11.1 Å². The average molecular weight is 277 g/mol. The molecule has 1 heterocycles. The molecule has 96 valence electrons. The van der Waals surface area contributed by atoms with Gasteiger partial charge in [0.25, 0.3) is 0 Å². The topological polar surface area (TPSA) is 63.8 Å². The van der Waals surface area contributed by atoms with Crippen LogP contribution in [-0.4, -0.2) is 22.3 Å². The third-order valence-electron chi connectivity index (χ3n) is 3.05. The van der Waals surface area contributed by atoms with Crippen molar-refractivity contribution >= 4 is 24.0 Å². The summed E-state index contributed by atoms with van der Waals surface area (Å²) in [6, 6.07) is 4.32. The molecule has 3 N–H and O–H groups in total. The quantitative estimate of drug-likeness (QED) is 0.886. The van der Waals surface area contributed by atoms with E-state index in [1.807, 2.05) is 6.07 Å². The van der Waals surface area contributed by atoms with Gasteiger partial charge >= 0.3 is 0 Å². The molecule has 1 aliphatic carbocycles. The fraction of sp³-hybridized carbons (Fsp3) is 0.636. The van der Waals surface area contributed by atoms with Crippen molar-refractivity contribution in [2.24, 2.45) is 5.73 Å². The summed E-state index contributed by atoms with van der Waals surface area (Å²) >= 11 is 5.67. The first-order valence-corrected chi connectivity index (χ1v) is 6.10. The maximum Gasteiger partial charge on any atom is 0.151 e. The molecule has 1 aromatic heterocycles. The van der Waals surface area contributed by atoms with Crippen LogP contribution in [0.15, 0.2) is 12.1 Å². The van der Waals surface area contributed by atoms with Gasteiger partial charge in [0.1, 0.15) is 0 Å². The Morgan fingerprint density at radius 1 is 1.29 bits per heavy atom. The van der Waals surface area contributed by atoms with Gasteiger partial charge in [0.15, 0.2) is 5.15 Å². The van der Waals surface area contributed by atoms with Gasteiger partial charge in [0, 0.05) is 18.6 Å². The molecular formula is C11H18Cl2N4. The maximum atomic E-state index is 6.05. The number of nitrogens with zero attached hydrogens (tertiary/aromatic N) is 2. The molecule has 1 aliphatic rings. The second-order valence-electron chi connectivity index (χ2n) is 4.28. The van der Waals surface area contributed by atoms with Crippen molar-refractivity contribution in [2.75, 3.05) is 0 Å². The van der Waals surface area contributed by atoms with Gasteiger partial charge in [-0.05, 0) is 25.0 Å².